The number of rotatable bonds is 3. The van der Waals surface area contributed by atoms with E-state index in [0.29, 0.717) is 28.4 Å². The summed E-state index contributed by atoms with van der Waals surface area (Å²) in [6, 6.07) is 10.3. The molecule has 1 aliphatic rings. The summed E-state index contributed by atoms with van der Waals surface area (Å²) in [6.45, 7) is 4.01. The molecule has 1 aliphatic heterocycles. The Balaban J connectivity index is 2.14. The lowest BCUT2D eigenvalue weighted by Gasteiger charge is -2.37. The second-order valence-electron chi connectivity index (χ2n) is 5.16. The highest BCUT2D eigenvalue weighted by Crippen LogP contribution is 2.40. The van der Waals surface area contributed by atoms with Crippen molar-refractivity contribution in [2.75, 3.05) is 11.9 Å². The minimum absolute atomic E-state index is 0.102. The molecule has 0 bridgehead atoms. The van der Waals surface area contributed by atoms with Crippen molar-refractivity contribution in [3.8, 4) is 5.75 Å². The Bertz CT molecular complexity index is 792. The molecule has 0 saturated heterocycles. The molecule has 0 spiro atoms. The van der Waals surface area contributed by atoms with Gasteiger partial charge in [0.05, 0.1) is 10.6 Å². The van der Waals surface area contributed by atoms with E-state index in [9.17, 15) is 9.90 Å². The van der Waals surface area contributed by atoms with E-state index in [2.05, 4.69) is 11.9 Å². The Labute approximate surface area is 143 Å². The van der Waals surface area contributed by atoms with Crippen LogP contribution in [0.5, 0.6) is 5.75 Å². The molecule has 2 aromatic carbocycles. The number of carbonyl (C=O) groups excluding carboxylic acids is 1. The molecule has 0 aromatic heterocycles. The first kappa shape index (κ1) is 15.7. The van der Waals surface area contributed by atoms with Gasteiger partial charge in [-0.25, -0.2) is 0 Å². The van der Waals surface area contributed by atoms with Gasteiger partial charge in [0.15, 0.2) is 0 Å². The number of amides is 1. The Morgan fingerprint density at radius 3 is 2.78 bits per heavy atom. The topological polar surface area (TPSA) is 52.6 Å². The number of hydrogen-bond donors (Lipinski definition) is 2. The zero-order valence-corrected chi connectivity index (χ0v) is 13.6. The third-order valence-corrected chi connectivity index (χ3v) is 4.21. The van der Waals surface area contributed by atoms with Gasteiger partial charge in [-0.2, -0.15) is 0 Å². The van der Waals surface area contributed by atoms with Crippen LogP contribution in [0, 0.1) is 0 Å². The summed E-state index contributed by atoms with van der Waals surface area (Å²) in [4.78, 5) is 14.3. The van der Waals surface area contributed by atoms with Gasteiger partial charge in [0.2, 0.25) is 0 Å². The highest BCUT2D eigenvalue weighted by molar-refractivity contribution is 6.35. The van der Waals surface area contributed by atoms with Crippen LogP contribution in [0.2, 0.25) is 10.0 Å². The maximum atomic E-state index is 12.8. The molecule has 118 valence electrons. The first-order valence-electron chi connectivity index (χ1n) is 6.98. The Morgan fingerprint density at radius 1 is 1.30 bits per heavy atom. The van der Waals surface area contributed by atoms with Gasteiger partial charge in [-0.1, -0.05) is 41.4 Å². The third-order valence-electron chi connectivity index (χ3n) is 3.70. The number of aromatic hydroxyl groups is 1. The summed E-state index contributed by atoms with van der Waals surface area (Å²) in [6.07, 6.45) is 1.04. The standard InChI is InChI=1S/C17H14Cl2N2O2/c1-2-7-21-16(12-8-10(18)9-13(19)15(12)22)20-14-6-4-3-5-11(14)17(21)23/h2-6,8-9,16,20,22H,1,7H2. The minimum Gasteiger partial charge on any atom is -0.506 e. The van der Waals surface area contributed by atoms with Crippen LogP contribution < -0.4 is 5.32 Å². The summed E-state index contributed by atoms with van der Waals surface area (Å²) >= 11 is 12.1. The second-order valence-corrected chi connectivity index (χ2v) is 6.01. The lowest BCUT2D eigenvalue weighted by Crippen LogP contribution is -2.43. The van der Waals surface area contributed by atoms with Crippen molar-refractivity contribution in [1.29, 1.82) is 0 Å². The predicted octanol–water partition coefficient (Wildman–Crippen LogP) is 4.45. The summed E-state index contributed by atoms with van der Waals surface area (Å²) in [5.41, 5.74) is 1.70. The summed E-state index contributed by atoms with van der Waals surface area (Å²) in [5.74, 6) is -0.255. The van der Waals surface area contributed by atoms with Gasteiger partial charge in [0, 0.05) is 22.8 Å². The molecule has 0 saturated carbocycles. The Kier molecular flexibility index (Phi) is 4.20. The van der Waals surface area contributed by atoms with Gasteiger partial charge in [-0.15, -0.1) is 6.58 Å². The summed E-state index contributed by atoms with van der Waals surface area (Å²) < 4.78 is 0. The van der Waals surface area contributed by atoms with Gasteiger partial charge < -0.3 is 15.3 Å². The van der Waals surface area contributed by atoms with E-state index in [1.165, 1.54) is 6.07 Å². The molecule has 2 aromatic rings. The molecule has 1 atom stereocenters. The van der Waals surface area contributed by atoms with Crippen molar-refractivity contribution < 1.29 is 9.90 Å². The van der Waals surface area contributed by atoms with Gasteiger partial charge in [-0.3, -0.25) is 4.79 Å². The second kappa shape index (κ2) is 6.14. The number of phenols is 1. The number of fused-ring (bicyclic) bond motifs is 1. The molecule has 1 amide bonds. The minimum atomic E-state index is -0.591. The van der Waals surface area contributed by atoms with E-state index in [1.807, 2.05) is 12.1 Å². The fourth-order valence-electron chi connectivity index (χ4n) is 2.66. The maximum Gasteiger partial charge on any atom is 0.258 e. The first-order chi connectivity index (χ1) is 11.0. The highest BCUT2D eigenvalue weighted by Gasteiger charge is 2.34. The van der Waals surface area contributed by atoms with Crippen molar-refractivity contribution in [3.63, 3.8) is 0 Å². The average molecular weight is 349 g/mol. The molecule has 0 aliphatic carbocycles. The lowest BCUT2D eigenvalue weighted by molar-refractivity contribution is 0.0706. The molecule has 2 N–H and O–H groups in total. The Morgan fingerprint density at radius 2 is 2.04 bits per heavy atom. The monoisotopic (exact) mass is 348 g/mol. The van der Waals surface area contributed by atoms with Gasteiger partial charge in [-0.05, 0) is 24.3 Å². The number of carbonyl (C=O) groups is 1. The van der Waals surface area contributed by atoms with Crippen LogP contribution in [0.25, 0.3) is 0 Å². The van der Waals surface area contributed by atoms with Crippen LogP contribution in [-0.2, 0) is 0 Å². The number of nitrogens with one attached hydrogen (secondary N) is 1. The number of benzene rings is 2. The molecule has 6 heteroatoms. The zero-order chi connectivity index (χ0) is 16.6. The van der Waals surface area contributed by atoms with Gasteiger partial charge >= 0.3 is 0 Å². The molecule has 23 heavy (non-hydrogen) atoms. The summed E-state index contributed by atoms with van der Waals surface area (Å²) in [7, 11) is 0. The van der Waals surface area contributed by atoms with Crippen LogP contribution in [0.4, 0.5) is 5.69 Å². The number of hydrogen-bond acceptors (Lipinski definition) is 3. The number of halogens is 2. The first-order valence-corrected chi connectivity index (χ1v) is 7.74. The number of para-hydroxylation sites is 1. The van der Waals surface area contributed by atoms with E-state index in [4.69, 9.17) is 23.2 Å². The number of nitrogens with zero attached hydrogens (tertiary/aromatic N) is 1. The largest absolute Gasteiger partial charge is 0.506 e. The van der Waals surface area contributed by atoms with E-state index in [0.717, 1.165) is 0 Å². The van der Waals surface area contributed by atoms with Gasteiger partial charge in [0.25, 0.3) is 5.91 Å². The molecule has 1 heterocycles. The van der Waals surface area contributed by atoms with Crippen LogP contribution in [0.15, 0.2) is 49.1 Å². The Hall–Kier alpha value is -2.17. The quantitative estimate of drug-likeness (QED) is 0.805. The number of phenolic OH excluding ortho intramolecular Hbond substituents is 1. The van der Waals surface area contributed by atoms with Crippen LogP contribution in [-0.4, -0.2) is 22.5 Å². The normalized spacial score (nSPS) is 16.7. The molecular formula is C17H14Cl2N2O2. The highest BCUT2D eigenvalue weighted by atomic mass is 35.5. The SMILES string of the molecule is C=CCN1C(=O)c2ccccc2NC1c1cc(Cl)cc(Cl)c1O. The van der Waals surface area contributed by atoms with Crippen molar-refractivity contribution in [2.24, 2.45) is 0 Å². The average Bonchev–Trinajstić information content (AvgIpc) is 2.53. The molecule has 4 nitrogen and oxygen atoms in total. The van der Waals surface area contributed by atoms with Crippen molar-refractivity contribution >= 4 is 34.8 Å². The molecule has 0 fully saturated rings. The molecule has 1 unspecified atom stereocenters. The van der Waals surface area contributed by atoms with Crippen LogP contribution in [0.3, 0.4) is 0 Å². The van der Waals surface area contributed by atoms with Crippen molar-refractivity contribution in [2.45, 2.75) is 6.17 Å². The van der Waals surface area contributed by atoms with Crippen molar-refractivity contribution in [3.05, 3.63) is 70.2 Å². The van der Waals surface area contributed by atoms with Crippen LogP contribution >= 0.6 is 23.2 Å². The summed E-state index contributed by atoms with van der Waals surface area (Å²) in [5, 5.41) is 14.1. The van der Waals surface area contributed by atoms with Gasteiger partial charge in [0.1, 0.15) is 11.9 Å². The molecule has 3 rings (SSSR count). The third kappa shape index (κ3) is 2.76. The van der Waals surface area contributed by atoms with Crippen LogP contribution in [0.1, 0.15) is 22.1 Å². The lowest BCUT2D eigenvalue weighted by atomic mass is 10.0. The maximum absolute atomic E-state index is 12.8. The fourth-order valence-corrected chi connectivity index (χ4v) is 3.17. The molecular weight excluding hydrogens is 335 g/mol. The predicted molar refractivity (Wildman–Crippen MR) is 92.2 cm³/mol. The van der Waals surface area contributed by atoms with E-state index < -0.39 is 6.17 Å². The van der Waals surface area contributed by atoms with Crippen molar-refractivity contribution in [1.82, 2.24) is 4.90 Å². The number of anilines is 1. The van der Waals surface area contributed by atoms with E-state index in [1.54, 1.807) is 29.2 Å². The smallest absolute Gasteiger partial charge is 0.258 e. The van der Waals surface area contributed by atoms with E-state index in [-0.39, 0.29) is 16.7 Å². The van der Waals surface area contributed by atoms with E-state index >= 15 is 0 Å². The zero-order valence-electron chi connectivity index (χ0n) is 12.1. The fraction of sp³-hybridized carbons (Fsp3) is 0.118. The molecule has 0 radical (unpaired) electrons.